The minimum Gasteiger partial charge on any atom is -0.289 e. The van der Waals surface area contributed by atoms with E-state index < -0.39 is 0 Å². The quantitative estimate of drug-likeness (QED) is 0.585. The Bertz CT molecular complexity index is 364. The molecule has 0 amide bonds. The van der Waals surface area contributed by atoms with Crippen molar-refractivity contribution in [2.45, 2.75) is 18.9 Å². The van der Waals surface area contributed by atoms with Crippen molar-refractivity contribution < 1.29 is 0 Å². The highest BCUT2D eigenvalue weighted by Crippen LogP contribution is 2.29. The van der Waals surface area contributed by atoms with Crippen molar-refractivity contribution in [3.63, 3.8) is 0 Å². The normalized spacial score (nSPS) is 28.3. The van der Waals surface area contributed by atoms with E-state index in [9.17, 15) is 0 Å². The molecule has 1 aliphatic heterocycles. The van der Waals surface area contributed by atoms with Crippen molar-refractivity contribution in [2.75, 3.05) is 0 Å². The van der Waals surface area contributed by atoms with Gasteiger partial charge in [-0.2, -0.15) is 0 Å². The summed E-state index contributed by atoms with van der Waals surface area (Å²) in [5.41, 5.74) is 3.00. The van der Waals surface area contributed by atoms with Gasteiger partial charge in [-0.15, -0.1) is 0 Å². The molecule has 1 heterocycles. The van der Waals surface area contributed by atoms with Gasteiger partial charge in [-0.25, -0.2) is 0 Å². The van der Waals surface area contributed by atoms with Crippen LogP contribution >= 0.6 is 0 Å². The third-order valence-electron chi connectivity index (χ3n) is 3.22. The van der Waals surface area contributed by atoms with Crippen LogP contribution in [0.4, 0.5) is 0 Å². The zero-order valence-electron chi connectivity index (χ0n) is 8.06. The molecule has 2 atom stereocenters. The van der Waals surface area contributed by atoms with Crippen molar-refractivity contribution in [2.24, 2.45) is 10.9 Å². The third kappa shape index (κ3) is 1.20. The Kier molecular flexibility index (Phi) is 1.76. The highest BCUT2D eigenvalue weighted by atomic mass is 14.8. The zero-order chi connectivity index (χ0) is 9.38. The summed E-state index contributed by atoms with van der Waals surface area (Å²) in [6.45, 7) is 0. The highest BCUT2D eigenvalue weighted by molar-refractivity contribution is 5.72. The SMILES string of the molecule is C1=CC2Cc3ccccc3CC2N=C1. The Morgan fingerprint density at radius 2 is 1.86 bits per heavy atom. The number of benzene rings is 1. The van der Waals surface area contributed by atoms with Crippen LogP contribution in [-0.4, -0.2) is 12.3 Å². The fraction of sp³-hybridized carbons (Fsp3) is 0.308. The number of rotatable bonds is 0. The molecule has 2 unspecified atom stereocenters. The van der Waals surface area contributed by atoms with Gasteiger partial charge in [0.15, 0.2) is 0 Å². The Morgan fingerprint density at radius 3 is 2.71 bits per heavy atom. The minimum absolute atomic E-state index is 0.495. The second kappa shape index (κ2) is 3.09. The van der Waals surface area contributed by atoms with E-state index >= 15 is 0 Å². The van der Waals surface area contributed by atoms with Crippen LogP contribution in [0.1, 0.15) is 11.1 Å². The average molecular weight is 183 g/mol. The molecular weight excluding hydrogens is 170 g/mol. The molecule has 1 aliphatic carbocycles. The van der Waals surface area contributed by atoms with E-state index in [1.165, 1.54) is 11.1 Å². The van der Waals surface area contributed by atoms with Crippen molar-refractivity contribution in [3.8, 4) is 0 Å². The maximum Gasteiger partial charge on any atom is 0.0605 e. The first-order chi connectivity index (χ1) is 6.93. The van der Waals surface area contributed by atoms with Crippen LogP contribution < -0.4 is 0 Å². The number of nitrogens with zero attached hydrogens (tertiary/aromatic N) is 1. The van der Waals surface area contributed by atoms with Crippen LogP contribution in [0.5, 0.6) is 0 Å². The second-order valence-corrected chi connectivity index (χ2v) is 4.09. The molecule has 0 saturated carbocycles. The molecule has 0 spiro atoms. The highest BCUT2D eigenvalue weighted by Gasteiger charge is 2.26. The van der Waals surface area contributed by atoms with E-state index in [2.05, 4.69) is 41.4 Å². The van der Waals surface area contributed by atoms with E-state index in [-0.39, 0.29) is 0 Å². The van der Waals surface area contributed by atoms with E-state index in [0.717, 1.165) is 12.8 Å². The van der Waals surface area contributed by atoms with E-state index in [1.807, 2.05) is 6.21 Å². The number of hydrogen-bond donors (Lipinski definition) is 0. The number of hydrogen-bond acceptors (Lipinski definition) is 1. The minimum atomic E-state index is 0.495. The van der Waals surface area contributed by atoms with Gasteiger partial charge in [-0.3, -0.25) is 4.99 Å². The molecule has 0 bridgehead atoms. The monoisotopic (exact) mass is 183 g/mol. The lowest BCUT2D eigenvalue weighted by molar-refractivity contribution is 0.468. The maximum atomic E-state index is 4.54. The molecule has 0 aromatic heterocycles. The summed E-state index contributed by atoms with van der Waals surface area (Å²) in [6.07, 6.45) is 8.59. The van der Waals surface area contributed by atoms with Gasteiger partial charge >= 0.3 is 0 Å². The van der Waals surface area contributed by atoms with Gasteiger partial charge < -0.3 is 0 Å². The van der Waals surface area contributed by atoms with Crippen LogP contribution in [0.15, 0.2) is 41.4 Å². The molecule has 1 aromatic rings. The van der Waals surface area contributed by atoms with Gasteiger partial charge in [0, 0.05) is 12.1 Å². The van der Waals surface area contributed by atoms with Gasteiger partial charge in [0.1, 0.15) is 0 Å². The largest absolute Gasteiger partial charge is 0.289 e. The third-order valence-corrected chi connectivity index (χ3v) is 3.22. The van der Waals surface area contributed by atoms with Crippen molar-refractivity contribution >= 4 is 6.21 Å². The number of allylic oxidation sites excluding steroid dienone is 1. The molecule has 1 aromatic carbocycles. The summed E-state index contributed by atoms with van der Waals surface area (Å²) in [4.78, 5) is 4.54. The molecule has 3 rings (SSSR count). The molecule has 1 heteroatoms. The lowest BCUT2D eigenvalue weighted by Crippen LogP contribution is -2.28. The first-order valence-corrected chi connectivity index (χ1v) is 5.20. The van der Waals surface area contributed by atoms with Gasteiger partial charge in [0.25, 0.3) is 0 Å². The van der Waals surface area contributed by atoms with Crippen LogP contribution in [-0.2, 0) is 12.8 Å². The Hall–Kier alpha value is -1.37. The first kappa shape index (κ1) is 7.98. The topological polar surface area (TPSA) is 12.4 Å². The van der Waals surface area contributed by atoms with E-state index in [0.29, 0.717) is 12.0 Å². The smallest absolute Gasteiger partial charge is 0.0605 e. The standard InChI is InChI=1S/C13H13N/c1-2-5-11-9-13-12(6-3-7-14-13)8-10(11)4-1/h1-7,12-13H,8-9H2. The van der Waals surface area contributed by atoms with E-state index in [1.54, 1.807) is 0 Å². The summed E-state index contributed by atoms with van der Waals surface area (Å²) in [6, 6.07) is 9.24. The molecule has 0 saturated heterocycles. The molecular formula is C13H13N. The van der Waals surface area contributed by atoms with Crippen LogP contribution in [0.2, 0.25) is 0 Å². The molecule has 1 nitrogen and oxygen atoms in total. The van der Waals surface area contributed by atoms with Crippen molar-refractivity contribution in [3.05, 3.63) is 47.5 Å². The predicted octanol–water partition coefficient (Wildman–Crippen LogP) is 2.41. The molecule has 14 heavy (non-hydrogen) atoms. The average Bonchev–Trinajstić information content (AvgIpc) is 2.26. The van der Waals surface area contributed by atoms with Crippen LogP contribution in [0.25, 0.3) is 0 Å². The molecule has 0 radical (unpaired) electrons. The predicted molar refractivity (Wildman–Crippen MR) is 58.8 cm³/mol. The molecule has 2 aliphatic rings. The molecule has 70 valence electrons. The first-order valence-electron chi connectivity index (χ1n) is 5.20. The zero-order valence-corrected chi connectivity index (χ0v) is 8.06. The van der Waals surface area contributed by atoms with E-state index in [4.69, 9.17) is 0 Å². The fourth-order valence-corrected chi connectivity index (χ4v) is 2.43. The van der Waals surface area contributed by atoms with Crippen molar-refractivity contribution in [1.82, 2.24) is 0 Å². The lowest BCUT2D eigenvalue weighted by atomic mass is 9.79. The van der Waals surface area contributed by atoms with Crippen molar-refractivity contribution in [1.29, 1.82) is 0 Å². The summed E-state index contributed by atoms with van der Waals surface area (Å²) < 4.78 is 0. The van der Waals surface area contributed by atoms with Gasteiger partial charge in [-0.1, -0.05) is 30.3 Å². The summed E-state index contributed by atoms with van der Waals surface area (Å²) in [7, 11) is 0. The molecule has 0 fully saturated rings. The Labute approximate surface area is 84.2 Å². The van der Waals surface area contributed by atoms with Crippen LogP contribution in [0.3, 0.4) is 0 Å². The molecule has 0 N–H and O–H groups in total. The Balaban J connectivity index is 2.00. The lowest BCUT2D eigenvalue weighted by Gasteiger charge is -2.29. The fourth-order valence-electron chi connectivity index (χ4n) is 2.43. The van der Waals surface area contributed by atoms with Gasteiger partial charge in [0.2, 0.25) is 0 Å². The number of dihydropyridines is 1. The number of aliphatic imine (C=N–C) groups is 1. The Morgan fingerprint density at radius 1 is 1.07 bits per heavy atom. The second-order valence-electron chi connectivity index (χ2n) is 4.09. The summed E-state index contributed by atoms with van der Waals surface area (Å²) in [5, 5.41) is 0. The van der Waals surface area contributed by atoms with Gasteiger partial charge in [0.05, 0.1) is 6.04 Å². The summed E-state index contributed by atoms with van der Waals surface area (Å²) >= 11 is 0. The maximum absolute atomic E-state index is 4.54. The van der Waals surface area contributed by atoms with Gasteiger partial charge in [-0.05, 0) is 30.0 Å². The number of fused-ring (bicyclic) bond motifs is 2. The summed E-state index contributed by atoms with van der Waals surface area (Å²) in [5.74, 6) is 0.634. The van der Waals surface area contributed by atoms with Crippen LogP contribution in [0, 0.1) is 5.92 Å².